The van der Waals surface area contributed by atoms with E-state index in [1.54, 1.807) is 0 Å². The Bertz CT molecular complexity index is 512. The highest BCUT2D eigenvalue weighted by Gasteiger charge is 2.15. The lowest BCUT2D eigenvalue weighted by Gasteiger charge is -2.16. The topological polar surface area (TPSA) is 37.8 Å². The van der Waals surface area contributed by atoms with E-state index >= 15 is 0 Å². The van der Waals surface area contributed by atoms with Gasteiger partial charge in [0.1, 0.15) is 5.82 Å². The number of hydrogen-bond donors (Lipinski definition) is 1. The monoisotopic (exact) mass is 241 g/mol. The molecule has 1 heterocycles. The molecule has 94 valence electrons. The van der Waals surface area contributed by atoms with Crippen LogP contribution in [-0.2, 0) is 0 Å². The van der Waals surface area contributed by atoms with Crippen LogP contribution >= 0.6 is 0 Å². The molecule has 3 nitrogen and oxygen atoms in total. The van der Waals surface area contributed by atoms with Gasteiger partial charge in [-0.2, -0.15) is 0 Å². The Kier molecular flexibility index (Phi) is 3.72. The number of aromatic nitrogens is 2. The van der Waals surface area contributed by atoms with Crippen molar-refractivity contribution in [2.75, 3.05) is 7.05 Å². The Labute approximate surface area is 108 Å². The Morgan fingerprint density at radius 1 is 0.889 bits per heavy atom. The van der Waals surface area contributed by atoms with Gasteiger partial charge in [-0.05, 0) is 38.9 Å². The summed E-state index contributed by atoms with van der Waals surface area (Å²) in [6, 6.07) is 6.57. The molecule has 0 aliphatic rings. The van der Waals surface area contributed by atoms with Crippen LogP contribution in [0.4, 0.5) is 0 Å². The second-order valence-electron chi connectivity index (χ2n) is 4.76. The Morgan fingerprint density at radius 3 is 1.94 bits per heavy atom. The van der Waals surface area contributed by atoms with Crippen LogP contribution in [0.2, 0.25) is 0 Å². The fraction of sp³-hybridized carbons (Fsp3) is 0.333. The molecule has 2 aromatic rings. The van der Waals surface area contributed by atoms with Crippen LogP contribution in [-0.4, -0.2) is 17.0 Å². The first kappa shape index (κ1) is 12.7. The summed E-state index contributed by atoms with van der Waals surface area (Å²) >= 11 is 0. The summed E-state index contributed by atoms with van der Waals surface area (Å²) in [5.74, 6) is 0.813. The van der Waals surface area contributed by atoms with Gasteiger partial charge in [-0.15, -0.1) is 0 Å². The molecular formula is C15H19N3. The second-order valence-corrected chi connectivity index (χ2v) is 4.76. The molecule has 0 aliphatic carbocycles. The quantitative estimate of drug-likeness (QED) is 0.897. The minimum Gasteiger partial charge on any atom is -0.307 e. The van der Waals surface area contributed by atoms with Crippen molar-refractivity contribution < 1.29 is 0 Å². The number of hydrogen-bond acceptors (Lipinski definition) is 3. The first-order valence-corrected chi connectivity index (χ1v) is 6.14. The van der Waals surface area contributed by atoms with Gasteiger partial charge in [-0.1, -0.05) is 29.3 Å². The first-order valence-electron chi connectivity index (χ1n) is 6.14. The molecule has 0 saturated carbocycles. The predicted octanol–water partition coefficient (Wildman–Crippen LogP) is 2.71. The summed E-state index contributed by atoms with van der Waals surface area (Å²) in [4.78, 5) is 8.82. The molecule has 0 amide bonds. The summed E-state index contributed by atoms with van der Waals surface area (Å²) in [5.41, 5.74) is 4.81. The summed E-state index contributed by atoms with van der Waals surface area (Å²) < 4.78 is 0. The Hall–Kier alpha value is -1.74. The largest absolute Gasteiger partial charge is 0.307 e. The smallest absolute Gasteiger partial charge is 0.149 e. The van der Waals surface area contributed by atoms with E-state index in [1.807, 2.05) is 26.4 Å². The molecule has 1 aromatic heterocycles. The normalized spacial score (nSPS) is 12.4. The van der Waals surface area contributed by atoms with E-state index in [9.17, 15) is 0 Å². The summed E-state index contributed by atoms with van der Waals surface area (Å²) in [6.45, 7) is 6.22. The van der Waals surface area contributed by atoms with Gasteiger partial charge in [0.25, 0.3) is 0 Å². The number of nitrogens with zero attached hydrogens (tertiary/aromatic N) is 2. The fourth-order valence-corrected chi connectivity index (χ4v) is 2.17. The highest BCUT2D eigenvalue weighted by Crippen LogP contribution is 2.21. The minimum absolute atomic E-state index is 0.0456. The highest BCUT2D eigenvalue weighted by molar-refractivity contribution is 5.33. The third-order valence-electron chi connectivity index (χ3n) is 2.93. The van der Waals surface area contributed by atoms with E-state index in [0.29, 0.717) is 0 Å². The van der Waals surface area contributed by atoms with Crippen LogP contribution < -0.4 is 5.32 Å². The van der Waals surface area contributed by atoms with Gasteiger partial charge in [-0.25, -0.2) is 9.97 Å². The minimum atomic E-state index is 0.0456. The molecule has 1 atom stereocenters. The Morgan fingerprint density at radius 2 is 1.44 bits per heavy atom. The van der Waals surface area contributed by atoms with Crippen LogP contribution in [0.25, 0.3) is 0 Å². The molecule has 18 heavy (non-hydrogen) atoms. The summed E-state index contributed by atoms with van der Waals surface area (Å²) in [6.07, 6.45) is 3.71. The van der Waals surface area contributed by atoms with Crippen molar-refractivity contribution in [3.63, 3.8) is 0 Å². The molecule has 1 aromatic carbocycles. The van der Waals surface area contributed by atoms with Crippen molar-refractivity contribution in [2.24, 2.45) is 0 Å². The molecule has 2 rings (SSSR count). The molecule has 0 fully saturated rings. The third kappa shape index (κ3) is 2.74. The van der Waals surface area contributed by atoms with Gasteiger partial charge in [0, 0.05) is 12.4 Å². The van der Waals surface area contributed by atoms with Crippen LogP contribution in [0.5, 0.6) is 0 Å². The average Bonchev–Trinajstić information content (AvgIpc) is 2.31. The van der Waals surface area contributed by atoms with E-state index in [1.165, 1.54) is 16.7 Å². The lowest BCUT2D eigenvalue weighted by Crippen LogP contribution is -2.20. The fourth-order valence-electron chi connectivity index (χ4n) is 2.17. The van der Waals surface area contributed by atoms with Gasteiger partial charge in [0.05, 0.1) is 6.04 Å². The van der Waals surface area contributed by atoms with Gasteiger partial charge >= 0.3 is 0 Å². The number of rotatable bonds is 3. The predicted molar refractivity (Wildman–Crippen MR) is 73.6 cm³/mol. The van der Waals surface area contributed by atoms with Crippen molar-refractivity contribution >= 4 is 0 Å². The van der Waals surface area contributed by atoms with Gasteiger partial charge in [0.2, 0.25) is 0 Å². The van der Waals surface area contributed by atoms with Gasteiger partial charge in [0.15, 0.2) is 0 Å². The molecule has 1 unspecified atom stereocenters. The lowest BCUT2D eigenvalue weighted by atomic mass is 10.0. The van der Waals surface area contributed by atoms with E-state index in [2.05, 4.69) is 47.3 Å². The Balaban J connectivity index is 2.41. The van der Waals surface area contributed by atoms with Crippen LogP contribution in [0, 0.1) is 20.8 Å². The number of aryl methyl sites for hydroxylation is 3. The zero-order chi connectivity index (χ0) is 13.1. The van der Waals surface area contributed by atoms with E-state index < -0.39 is 0 Å². The second kappa shape index (κ2) is 5.27. The zero-order valence-electron chi connectivity index (χ0n) is 11.4. The molecule has 0 bridgehead atoms. The van der Waals surface area contributed by atoms with E-state index in [0.717, 1.165) is 11.4 Å². The zero-order valence-corrected chi connectivity index (χ0v) is 11.4. The maximum Gasteiger partial charge on any atom is 0.149 e. The molecule has 3 heteroatoms. The first-order chi connectivity index (χ1) is 8.60. The van der Waals surface area contributed by atoms with Crippen molar-refractivity contribution in [2.45, 2.75) is 26.8 Å². The third-order valence-corrected chi connectivity index (χ3v) is 2.93. The molecular weight excluding hydrogens is 222 g/mol. The molecule has 0 spiro atoms. The van der Waals surface area contributed by atoms with Crippen molar-refractivity contribution in [1.82, 2.24) is 15.3 Å². The molecule has 0 saturated heterocycles. The molecule has 1 N–H and O–H groups in total. The maximum atomic E-state index is 4.41. The lowest BCUT2D eigenvalue weighted by molar-refractivity contribution is 0.644. The van der Waals surface area contributed by atoms with Gasteiger partial charge < -0.3 is 5.32 Å². The van der Waals surface area contributed by atoms with Crippen LogP contribution in [0.3, 0.4) is 0 Å². The molecule has 0 aliphatic heterocycles. The summed E-state index contributed by atoms with van der Waals surface area (Å²) in [5, 5.41) is 3.28. The van der Waals surface area contributed by atoms with Crippen molar-refractivity contribution in [3.05, 3.63) is 58.7 Å². The SMILES string of the molecule is CNC(c1cc(C)cc(C)c1)c1ncc(C)cn1. The van der Waals surface area contributed by atoms with Crippen LogP contribution in [0.15, 0.2) is 30.6 Å². The highest BCUT2D eigenvalue weighted by atomic mass is 15.0. The average molecular weight is 241 g/mol. The van der Waals surface area contributed by atoms with E-state index in [-0.39, 0.29) is 6.04 Å². The standard InChI is InChI=1S/C15H19N3/c1-10-5-11(2)7-13(6-10)14(16-4)15-17-8-12(3)9-18-15/h5-9,14,16H,1-4H3. The van der Waals surface area contributed by atoms with E-state index in [4.69, 9.17) is 0 Å². The maximum absolute atomic E-state index is 4.41. The van der Waals surface area contributed by atoms with Crippen molar-refractivity contribution in [3.8, 4) is 0 Å². The van der Waals surface area contributed by atoms with Crippen LogP contribution in [0.1, 0.15) is 34.1 Å². The van der Waals surface area contributed by atoms with Crippen molar-refractivity contribution in [1.29, 1.82) is 0 Å². The summed E-state index contributed by atoms with van der Waals surface area (Å²) in [7, 11) is 1.94. The number of benzene rings is 1. The number of nitrogens with one attached hydrogen (secondary N) is 1. The van der Waals surface area contributed by atoms with Gasteiger partial charge in [-0.3, -0.25) is 0 Å². The molecule has 0 radical (unpaired) electrons.